The largest absolute Gasteiger partial charge is 0.352 e. The van der Waals surface area contributed by atoms with E-state index >= 15 is 0 Å². The summed E-state index contributed by atoms with van der Waals surface area (Å²) in [5.74, 6) is 0.427. The number of carbonyl (C=O) groups is 1. The van der Waals surface area contributed by atoms with E-state index in [0.29, 0.717) is 17.9 Å². The molecule has 0 atom stereocenters. The van der Waals surface area contributed by atoms with Gasteiger partial charge in [0.2, 0.25) is 0 Å². The lowest BCUT2D eigenvalue weighted by Crippen LogP contribution is -2.25. The minimum Gasteiger partial charge on any atom is -0.352 e. The van der Waals surface area contributed by atoms with Gasteiger partial charge in [-0.1, -0.05) is 23.7 Å². The van der Waals surface area contributed by atoms with Crippen LogP contribution in [0.1, 0.15) is 22.3 Å². The van der Waals surface area contributed by atoms with Crippen molar-refractivity contribution in [3.63, 3.8) is 0 Å². The Morgan fingerprint density at radius 3 is 2.79 bits per heavy atom. The molecular formula is C17H16ClN5O. The van der Waals surface area contributed by atoms with E-state index in [2.05, 4.69) is 20.4 Å². The zero-order valence-electron chi connectivity index (χ0n) is 12.9. The molecule has 24 heavy (non-hydrogen) atoms. The number of nitrogens with one attached hydrogen (secondary N) is 1. The summed E-state index contributed by atoms with van der Waals surface area (Å²) < 4.78 is 1.51. The topological polar surface area (TPSA) is 72.7 Å². The van der Waals surface area contributed by atoms with Crippen LogP contribution >= 0.6 is 11.6 Å². The molecule has 3 aromatic rings. The average Bonchev–Trinajstić information content (AvgIpc) is 3.15. The Hall–Kier alpha value is -2.73. The van der Waals surface area contributed by atoms with E-state index in [1.807, 2.05) is 24.3 Å². The van der Waals surface area contributed by atoms with Crippen molar-refractivity contribution in [2.45, 2.75) is 12.8 Å². The first-order valence-electron chi connectivity index (χ1n) is 7.56. The zero-order chi connectivity index (χ0) is 16.8. The highest BCUT2D eigenvalue weighted by atomic mass is 35.5. The van der Waals surface area contributed by atoms with Gasteiger partial charge in [-0.2, -0.15) is 5.10 Å². The predicted molar refractivity (Wildman–Crippen MR) is 91.3 cm³/mol. The normalized spacial score (nSPS) is 10.5. The Kier molecular flexibility index (Phi) is 5.18. The second kappa shape index (κ2) is 7.70. The summed E-state index contributed by atoms with van der Waals surface area (Å²) in [4.78, 5) is 20.3. The summed E-state index contributed by atoms with van der Waals surface area (Å²) in [6.45, 7) is 0.600. The molecule has 7 heteroatoms. The van der Waals surface area contributed by atoms with Crippen LogP contribution in [0.2, 0.25) is 5.02 Å². The molecule has 6 nitrogen and oxygen atoms in total. The maximum absolute atomic E-state index is 12.2. The van der Waals surface area contributed by atoms with Gasteiger partial charge in [0.1, 0.15) is 12.7 Å². The summed E-state index contributed by atoms with van der Waals surface area (Å²) in [5, 5.41) is 7.65. The number of benzene rings is 1. The molecule has 2 heterocycles. The number of nitrogens with zero attached hydrogens (tertiary/aromatic N) is 4. The van der Waals surface area contributed by atoms with Gasteiger partial charge >= 0.3 is 0 Å². The highest BCUT2D eigenvalue weighted by molar-refractivity contribution is 6.30. The van der Waals surface area contributed by atoms with E-state index in [1.54, 1.807) is 18.3 Å². The van der Waals surface area contributed by atoms with Crippen LogP contribution in [-0.2, 0) is 6.42 Å². The van der Waals surface area contributed by atoms with E-state index in [0.717, 1.165) is 17.9 Å². The smallest absolute Gasteiger partial charge is 0.251 e. The van der Waals surface area contributed by atoms with Crippen LogP contribution in [0.5, 0.6) is 0 Å². The van der Waals surface area contributed by atoms with Crippen molar-refractivity contribution in [1.29, 1.82) is 0 Å². The summed E-state index contributed by atoms with van der Waals surface area (Å²) in [6.07, 6.45) is 6.29. The molecule has 0 unspecified atom stereocenters. The Morgan fingerprint density at radius 2 is 2.04 bits per heavy atom. The lowest BCUT2D eigenvalue weighted by Gasteiger charge is -2.07. The van der Waals surface area contributed by atoms with Gasteiger partial charge in [-0.05, 0) is 42.7 Å². The van der Waals surface area contributed by atoms with Crippen LogP contribution in [-0.4, -0.2) is 32.2 Å². The van der Waals surface area contributed by atoms with Crippen molar-refractivity contribution < 1.29 is 4.79 Å². The highest BCUT2D eigenvalue weighted by Gasteiger charge is 2.07. The molecule has 0 bridgehead atoms. The first-order chi connectivity index (χ1) is 11.7. The third-order valence-corrected chi connectivity index (χ3v) is 3.75. The molecule has 0 saturated carbocycles. The number of pyridine rings is 1. The quantitative estimate of drug-likeness (QED) is 0.700. The Bertz CT molecular complexity index is 802. The Balaban J connectivity index is 1.52. The van der Waals surface area contributed by atoms with E-state index in [9.17, 15) is 4.79 Å². The molecule has 0 aliphatic heterocycles. The van der Waals surface area contributed by atoms with E-state index < -0.39 is 0 Å². The maximum atomic E-state index is 12.2. The Morgan fingerprint density at radius 1 is 1.21 bits per heavy atom. The van der Waals surface area contributed by atoms with Gasteiger partial charge in [0.05, 0.1) is 0 Å². The molecule has 0 aliphatic rings. The van der Waals surface area contributed by atoms with Gasteiger partial charge in [-0.25, -0.2) is 14.6 Å². The standard InChI is InChI=1S/C17H16ClN5O/c18-15-5-3-13(4-6-15)2-1-8-21-17(24)14-7-9-20-16(10-14)23-12-19-11-22-23/h3-7,9-12H,1-2,8H2,(H,21,24). The SMILES string of the molecule is O=C(NCCCc1ccc(Cl)cc1)c1ccnc(-n2cncn2)c1. The number of hydrogen-bond donors (Lipinski definition) is 1. The molecule has 0 aliphatic carbocycles. The first-order valence-corrected chi connectivity index (χ1v) is 7.94. The second-order valence-corrected chi connectivity index (χ2v) is 5.67. The summed E-state index contributed by atoms with van der Waals surface area (Å²) in [6, 6.07) is 11.1. The third kappa shape index (κ3) is 4.17. The minimum absolute atomic E-state index is 0.130. The average molecular weight is 342 g/mol. The number of hydrogen-bond acceptors (Lipinski definition) is 4. The maximum Gasteiger partial charge on any atom is 0.251 e. The summed E-state index contributed by atoms with van der Waals surface area (Å²) >= 11 is 5.86. The number of carbonyl (C=O) groups excluding carboxylic acids is 1. The molecule has 122 valence electrons. The first kappa shape index (κ1) is 16.1. The molecule has 0 spiro atoms. The van der Waals surface area contributed by atoms with Crippen LogP contribution in [0.15, 0.2) is 55.2 Å². The number of rotatable bonds is 6. The summed E-state index contributed by atoms with van der Waals surface area (Å²) in [5.41, 5.74) is 1.74. The van der Waals surface area contributed by atoms with Gasteiger partial charge in [-0.3, -0.25) is 4.79 Å². The van der Waals surface area contributed by atoms with Crippen molar-refractivity contribution in [3.05, 3.63) is 71.4 Å². The molecular weight excluding hydrogens is 326 g/mol. The number of aryl methyl sites for hydroxylation is 1. The lowest BCUT2D eigenvalue weighted by atomic mass is 10.1. The fourth-order valence-electron chi connectivity index (χ4n) is 2.26. The van der Waals surface area contributed by atoms with Crippen LogP contribution < -0.4 is 5.32 Å². The minimum atomic E-state index is -0.130. The van der Waals surface area contributed by atoms with Gasteiger partial charge in [-0.15, -0.1) is 0 Å². The van der Waals surface area contributed by atoms with Crippen LogP contribution in [0, 0.1) is 0 Å². The summed E-state index contributed by atoms with van der Waals surface area (Å²) in [7, 11) is 0. The molecule has 1 amide bonds. The number of amides is 1. The fourth-order valence-corrected chi connectivity index (χ4v) is 2.39. The van der Waals surface area contributed by atoms with Crippen molar-refractivity contribution >= 4 is 17.5 Å². The highest BCUT2D eigenvalue weighted by Crippen LogP contribution is 2.11. The van der Waals surface area contributed by atoms with Crippen LogP contribution in [0.4, 0.5) is 0 Å². The van der Waals surface area contributed by atoms with Crippen molar-refractivity contribution in [1.82, 2.24) is 25.1 Å². The molecule has 1 N–H and O–H groups in total. The van der Waals surface area contributed by atoms with E-state index in [-0.39, 0.29) is 5.91 Å². The molecule has 0 saturated heterocycles. The van der Waals surface area contributed by atoms with E-state index in [4.69, 9.17) is 11.6 Å². The van der Waals surface area contributed by atoms with Gasteiger partial charge in [0.25, 0.3) is 5.91 Å². The van der Waals surface area contributed by atoms with E-state index in [1.165, 1.54) is 22.9 Å². The third-order valence-electron chi connectivity index (χ3n) is 3.50. The molecule has 0 radical (unpaired) electrons. The second-order valence-electron chi connectivity index (χ2n) is 5.23. The Labute approximate surface area is 144 Å². The number of halogens is 1. The lowest BCUT2D eigenvalue weighted by molar-refractivity contribution is 0.0953. The molecule has 3 rings (SSSR count). The van der Waals surface area contributed by atoms with Crippen molar-refractivity contribution in [3.8, 4) is 5.82 Å². The van der Waals surface area contributed by atoms with Crippen molar-refractivity contribution in [2.24, 2.45) is 0 Å². The van der Waals surface area contributed by atoms with Gasteiger partial charge in [0.15, 0.2) is 5.82 Å². The van der Waals surface area contributed by atoms with Crippen molar-refractivity contribution in [2.75, 3.05) is 6.54 Å². The molecule has 1 aromatic carbocycles. The fraction of sp³-hybridized carbons (Fsp3) is 0.176. The molecule has 2 aromatic heterocycles. The predicted octanol–water partition coefficient (Wildman–Crippen LogP) is 2.68. The zero-order valence-corrected chi connectivity index (χ0v) is 13.6. The molecule has 0 fully saturated rings. The van der Waals surface area contributed by atoms with Gasteiger partial charge in [0, 0.05) is 23.3 Å². The van der Waals surface area contributed by atoms with Gasteiger partial charge < -0.3 is 5.32 Å². The van der Waals surface area contributed by atoms with Crippen LogP contribution in [0.25, 0.3) is 5.82 Å². The number of aromatic nitrogens is 4. The monoisotopic (exact) mass is 341 g/mol. The van der Waals surface area contributed by atoms with Crippen LogP contribution in [0.3, 0.4) is 0 Å².